The second-order valence-corrected chi connectivity index (χ2v) is 2.44. The summed E-state index contributed by atoms with van der Waals surface area (Å²) in [7, 11) is 1.36. The molecule has 0 aromatic heterocycles. The Hall–Kier alpha value is -0.200. The van der Waals surface area contributed by atoms with E-state index in [0.29, 0.717) is 0 Å². The van der Waals surface area contributed by atoms with Gasteiger partial charge >= 0.3 is 0 Å². The van der Waals surface area contributed by atoms with Crippen LogP contribution >= 0.6 is 0 Å². The van der Waals surface area contributed by atoms with E-state index in [2.05, 4.69) is 4.74 Å². The minimum atomic E-state index is -1.07. The summed E-state index contributed by atoms with van der Waals surface area (Å²) in [6.45, 7) is -0.321. The van der Waals surface area contributed by atoms with Crippen molar-refractivity contribution >= 4 is 0 Å². The summed E-state index contributed by atoms with van der Waals surface area (Å²) in [6, 6.07) is 0. The lowest BCUT2D eigenvalue weighted by molar-refractivity contribution is -0.153. The van der Waals surface area contributed by atoms with Gasteiger partial charge in [-0.1, -0.05) is 0 Å². The van der Waals surface area contributed by atoms with Crippen molar-refractivity contribution in [2.24, 2.45) is 0 Å². The predicted octanol–water partition coefficient (Wildman–Crippen LogP) is -1.93. The lowest BCUT2D eigenvalue weighted by atomic mass is 10.1. The zero-order valence-corrected chi connectivity index (χ0v) is 6.17. The molecule has 0 spiro atoms. The van der Waals surface area contributed by atoms with E-state index in [1.54, 1.807) is 0 Å². The fraction of sp³-hybridized carbons (Fsp3) is 1.00. The summed E-state index contributed by atoms with van der Waals surface area (Å²) in [5, 5.41) is 26.9. The van der Waals surface area contributed by atoms with E-state index in [9.17, 15) is 0 Å². The molecule has 11 heavy (non-hydrogen) atoms. The number of rotatable bonds is 2. The smallest absolute Gasteiger partial charge is 0.186 e. The van der Waals surface area contributed by atoms with E-state index in [1.165, 1.54) is 7.11 Å². The SMILES string of the molecule is CO[C@@H]1O[C@H](CO)[C@H](O)[C@@H]1O. The maximum Gasteiger partial charge on any atom is 0.186 e. The van der Waals surface area contributed by atoms with Gasteiger partial charge in [0.2, 0.25) is 0 Å². The normalized spacial score (nSPS) is 44.7. The molecule has 66 valence electrons. The average molecular weight is 164 g/mol. The van der Waals surface area contributed by atoms with Crippen molar-refractivity contribution in [3.8, 4) is 0 Å². The largest absolute Gasteiger partial charge is 0.394 e. The number of hydrogen-bond acceptors (Lipinski definition) is 5. The minimum absolute atomic E-state index is 0.321. The molecule has 0 unspecified atom stereocenters. The van der Waals surface area contributed by atoms with Crippen molar-refractivity contribution in [3.63, 3.8) is 0 Å². The molecule has 0 aromatic carbocycles. The van der Waals surface area contributed by atoms with Gasteiger partial charge in [0, 0.05) is 7.11 Å². The molecule has 0 amide bonds. The zero-order valence-electron chi connectivity index (χ0n) is 6.17. The summed E-state index contributed by atoms with van der Waals surface area (Å²) < 4.78 is 9.59. The van der Waals surface area contributed by atoms with Gasteiger partial charge in [0.05, 0.1) is 6.61 Å². The molecule has 1 rings (SSSR count). The van der Waals surface area contributed by atoms with Crippen LogP contribution in [0.25, 0.3) is 0 Å². The highest BCUT2D eigenvalue weighted by atomic mass is 16.7. The summed E-state index contributed by atoms with van der Waals surface area (Å²) in [5.74, 6) is 0. The van der Waals surface area contributed by atoms with Crippen LogP contribution in [-0.2, 0) is 9.47 Å². The van der Waals surface area contributed by atoms with Gasteiger partial charge in [-0.15, -0.1) is 0 Å². The number of aliphatic hydroxyl groups excluding tert-OH is 3. The molecule has 1 heterocycles. The van der Waals surface area contributed by atoms with Crippen LogP contribution < -0.4 is 0 Å². The minimum Gasteiger partial charge on any atom is -0.394 e. The fourth-order valence-corrected chi connectivity index (χ4v) is 1.06. The van der Waals surface area contributed by atoms with E-state index in [4.69, 9.17) is 20.1 Å². The van der Waals surface area contributed by atoms with Crippen LogP contribution in [0.4, 0.5) is 0 Å². The predicted molar refractivity (Wildman–Crippen MR) is 34.8 cm³/mol. The molecule has 1 fully saturated rings. The highest BCUT2D eigenvalue weighted by molar-refractivity contribution is 4.85. The molecule has 1 aliphatic rings. The van der Waals surface area contributed by atoms with Crippen LogP contribution in [0.5, 0.6) is 0 Å². The van der Waals surface area contributed by atoms with Crippen molar-refractivity contribution in [2.75, 3.05) is 13.7 Å². The second-order valence-electron chi connectivity index (χ2n) is 2.44. The number of aliphatic hydroxyl groups is 3. The number of hydrogen-bond donors (Lipinski definition) is 3. The molecular weight excluding hydrogens is 152 g/mol. The van der Waals surface area contributed by atoms with Crippen molar-refractivity contribution in [2.45, 2.75) is 24.6 Å². The Bertz CT molecular complexity index is 110. The first kappa shape index (κ1) is 8.89. The summed E-state index contributed by atoms with van der Waals surface area (Å²) >= 11 is 0. The maximum absolute atomic E-state index is 9.15. The van der Waals surface area contributed by atoms with Gasteiger partial charge in [0.1, 0.15) is 18.3 Å². The Morgan fingerprint density at radius 2 is 2.00 bits per heavy atom. The lowest BCUT2D eigenvalue weighted by Gasteiger charge is -2.11. The van der Waals surface area contributed by atoms with Crippen LogP contribution in [-0.4, -0.2) is 53.6 Å². The number of ether oxygens (including phenoxy) is 2. The first-order valence-corrected chi connectivity index (χ1v) is 3.36. The molecule has 1 aliphatic heterocycles. The summed E-state index contributed by atoms with van der Waals surface area (Å²) in [4.78, 5) is 0. The van der Waals surface area contributed by atoms with Crippen molar-refractivity contribution in [1.29, 1.82) is 0 Å². The Labute approximate surface area is 64.2 Å². The van der Waals surface area contributed by atoms with E-state index in [-0.39, 0.29) is 6.61 Å². The van der Waals surface area contributed by atoms with Gasteiger partial charge in [-0.3, -0.25) is 0 Å². The van der Waals surface area contributed by atoms with Crippen LogP contribution in [0.1, 0.15) is 0 Å². The van der Waals surface area contributed by atoms with Gasteiger partial charge < -0.3 is 24.8 Å². The first-order valence-electron chi connectivity index (χ1n) is 3.36. The van der Waals surface area contributed by atoms with Crippen LogP contribution in [0.15, 0.2) is 0 Å². The third-order valence-corrected chi connectivity index (χ3v) is 1.73. The Balaban J connectivity index is 2.53. The molecule has 0 saturated carbocycles. The summed E-state index contributed by atoms with van der Waals surface area (Å²) in [5.41, 5.74) is 0. The second kappa shape index (κ2) is 3.46. The Morgan fingerprint density at radius 3 is 2.27 bits per heavy atom. The third-order valence-electron chi connectivity index (χ3n) is 1.73. The molecule has 0 aliphatic carbocycles. The van der Waals surface area contributed by atoms with Gasteiger partial charge in [-0.05, 0) is 0 Å². The molecule has 3 N–H and O–H groups in total. The van der Waals surface area contributed by atoms with Gasteiger partial charge in [0.25, 0.3) is 0 Å². The van der Waals surface area contributed by atoms with Crippen molar-refractivity contribution in [3.05, 3.63) is 0 Å². The van der Waals surface area contributed by atoms with Crippen molar-refractivity contribution < 1.29 is 24.8 Å². The van der Waals surface area contributed by atoms with Crippen LogP contribution in [0, 0.1) is 0 Å². The highest BCUT2D eigenvalue weighted by Gasteiger charge is 2.42. The molecule has 0 radical (unpaired) electrons. The van der Waals surface area contributed by atoms with E-state index < -0.39 is 24.6 Å². The molecule has 5 nitrogen and oxygen atoms in total. The van der Waals surface area contributed by atoms with Crippen LogP contribution in [0.3, 0.4) is 0 Å². The van der Waals surface area contributed by atoms with E-state index >= 15 is 0 Å². The van der Waals surface area contributed by atoms with Crippen molar-refractivity contribution in [1.82, 2.24) is 0 Å². The molecule has 0 bridgehead atoms. The molecule has 5 heteroatoms. The Morgan fingerprint density at radius 1 is 1.36 bits per heavy atom. The standard InChI is InChI=1S/C6H12O5/c1-10-6-5(9)4(8)3(2-7)11-6/h3-9H,2H2,1H3/t3-,4+,5+,6-/m1/s1. The van der Waals surface area contributed by atoms with Gasteiger partial charge in [-0.2, -0.15) is 0 Å². The van der Waals surface area contributed by atoms with Gasteiger partial charge in [0.15, 0.2) is 6.29 Å². The topological polar surface area (TPSA) is 79.2 Å². The fourth-order valence-electron chi connectivity index (χ4n) is 1.06. The molecule has 4 atom stereocenters. The van der Waals surface area contributed by atoms with E-state index in [1.807, 2.05) is 0 Å². The monoisotopic (exact) mass is 164 g/mol. The Kier molecular flexibility index (Phi) is 2.80. The maximum atomic E-state index is 9.15. The molecule has 0 aromatic rings. The molecular formula is C6H12O5. The summed E-state index contributed by atoms with van der Waals surface area (Å²) in [6.07, 6.45) is -3.71. The average Bonchev–Trinajstić information content (AvgIpc) is 2.30. The number of methoxy groups -OCH3 is 1. The first-order chi connectivity index (χ1) is 5.20. The molecule has 1 saturated heterocycles. The zero-order chi connectivity index (χ0) is 8.43. The van der Waals surface area contributed by atoms with E-state index in [0.717, 1.165) is 0 Å². The quantitative estimate of drug-likeness (QED) is 0.443. The lowest BCUT2D eigenvalue weighted by Crippen LogP contribution is -2.34. The van der Waals surface area contributed by atoms with Crippen LogP contribution in [0.2, 0.25) is 0 Å². The van der Waals surface area contributed by atoms with Gasteiger partial charge in [-0.25, -0.2) is 0 Å². The third kappa shape index (κ3) is 1.52. The highest BCUT2D eigenvalue weighted by Crippen LogP contribution is 2.20.